The molecule has 0 unspecified atom stereocenters. The lowest BCUT2D eigenvalue weighted by molar-refractivity contribution is -0.0738. The highest BCUT2D eigenvalue weighted by Gasteiger charge is 2.74. The predicted molar refractivity (Wildman–Crippen MR) is 127 cm³/mol. The van der Waals surface area contributed by atoms with E-state index in [0.29, 0.717) is 53.6 Å². The quantitative estimate of drug-likeness (QED) is 0.609. The van der Waals surface area contributed by atoms with E-state index in [-0.39, 0.29) is 18.1 Å². The van der Waals surface area contributed by atoms with Crippen molar-refractivity contribution < 1.29 is 13.2 Å². The second-order valence-electron chi connectivity index (χ2n) is 11.1. The van der Waals surface area contributed by atoms with Crippen molar-refractivity contribution in [1.29, 1.82) is 0 Å². The average molecular weight is 462 g/mol. The molecular weight excluding hydrogens is 430 g/mol. The largest absolute Gasteiger partial charge is 0.373 e. The highest BCUT2D eigenvalue weighted by Crippen LogP contribution is 2.73. The minimum absolute atomic E-state index is 0.0536. The molecule has 4 aliphatic carbocycles. The lowest BCUT2D eigenvalue weighted by Gasteiger charge is -2.45. The van der Waals surface area contributed by atoms with Crippen LogP contribution >= 0.6 is 0 Å². The van der Waals surface area contributed by atoms with Crippen molar-refractivity contribution in [1.82, 2.24) is 4.31 Å². The number of hydrogen-bond donors (Lipinski definition) is 0. The predicted octanol–water partition coefficient (Wildman–Crippen LogP) is 4.66. The van der Waals surface area contributed by atoms with Gasteiger partial charge in [-0.3, -0.25) is 0 Å². The van der Waals surface area contributed by atoms with Gasteiger partial charge in [0.2, 0.25) is 10.0 Å². The summed E-state index contributed by atoms with van der Waals surface area (Å²) in [5, 5.41) is 0. The van der Waals surface area contributed by atoms with E-state index in [0.717, 1.165) is 11.1 Å². The lowest BCUT2D eigenvalue weighted by atomic mass is 9.67. The first kappa shape index (κ1) is 20.4. The third kappa shape index (κ3) is 2.73. The fourth-order valence-electron chi connectivity index (χ4n) is 8.73. The molecule has 0 spiro atoms. The molecule has 0 amide bonds. The Kier molecular flexibility index (Phi) is 4.35. The van der Waals surface area contributed by atoms with Gasteiger partial charge in [-0.15, -0.1) is 0 Å². The van der Waals surface area contributed by atoms with Crippen LogP contribution in [0.3, 0.4) is 0 Å². The van der Waals surface area contributed by atoms with Gasteiger partial charge in [0, 0.05) is 18.5 Å². The maximum atomic E-state index is 13.8. The molecule has 4 nitrogen and oxygen atoms in total. The van der Waals surface area contributed by atoms with Gasteiger partial charge in [-0.1, -0.05) is 60.2 Å². The van der Waals surface area contributed by atoms with Gasteiger partial charge in [0.25, 0.3) is 0 Å². The molecule has 33 heavy (non-hydrogen) atoms. The number of aryl methyl sites for hydroxylation is 1. The van der Waals surface area contributed by atoms with Gasteiger partial charge >= 0.3 is 0 Å². The molecule has 2 aromatic carbocycles. The Morgan fingerprint density at radius 2 is 1.67 bits per heavy atom. The summed E-state index contributed by atoms with van der Waals surface area (Å²) in [6.45, 7) is 7.55. The molecule has 172 valence electrons. The number of benzene rings is 2. The van der Waals surface area contributed by atoms with Gasteiger partial charge in [0.15, 0.2) is 0 Å². The average Bonchev–Trinajstić information content (AvgIpc) is 3.49. The zero-order valence-electron chi connectivity index (χ0n) is 19.0. The van der Waals surface area contributed by atoms with E-state index in [1.54, 1.807) is 12.1 Å². The van der Waals surface area contributed by atoms with Gasteiger partial charge in [0.1, 0.15) is 0 Å². The summed E-state index contributed by atoms with van der Waals surface area (Å²) < 4.78 is 36.2. The second kappa shape index (κ2) is 7.03. The minimum atomic E-state index is -3.55. The summed E-state index contributed by atoms with van der Waals surface area (Å²) in [6, 6.07) is 17.8. The summed E-state index contributed by atoms with van der Waals surface area (Å²) in [5.41, 5.74) is 3.39. The molecule has 0 aromatic heterocycles. The van der Waals surface area contributed by atoms with Gasteiger partial charge in [0.05, 0.1) is 17.6 Å². The summed E-state index contributed by atoms with van der Waals surface area (Å²) in [7, 11) is -3.55. The Balaban J connectivity index is 1.24. The van der Waals surface area contributed by atoms with Crippen LogP contribution in [0.15, 0.2) is 71.6 Å². The number of hydrogen-bond acceptors (Lipinski definition) is 3. The Labute approximate surface area is 196 Å². The Morgan fingerprint density at radius 1 is 0.970 bits per heavy atom. The summed E-state index contributed by atoms with van der Waals surface area (Å²) in [6.07, 6.45) is 2.74. The van der Waals surface area contributed by atoms with Gasteiger partial charge in [-0.25, -0.2) is 8.42 Å². The van der Waals surface area contributed by atoms with Crippen molar-refractivity contribution in [2.24, 2.45) is 41.4 Å². The highest BCUT2D eigenvalue weighted by molar-refractivity contribution is 7.89. The maximum Gasteiger partial charge on any atom is 0.243 e. The molecule has 4 bridgehead atoms. The van der Waals surface area contributed by atoms with E-state index in [2.05, 4.69) is 30.8 Å². The molecule has 2 aromatic rings. The van der Waals surface area contributed by atoms with Crippen molar-refractivity contribution in [3.63, 3.8) is 0 Å². The minimum Gasteiger partial charge on any atom is -0.373 e. The first-order valence-electron chi connectivity index (χ1n) is 12.4. The molecule has 0 N–H and O–H groups in total. The molecule has 7 rings (SSSR count). The van der Waals surface area contributed by atoms with Gasteiger partial charge < -0.3 is 4.74 Å². The van der Waals surface area contributed by atoms with E-state index in [9.17, 15) is 8.42 Å². The monoisotopic (exact) mass is 461 g/mol. The first-order chi connectivity index (χ1) is 15.9. The van der Waals surface area contributed by atoms with Crippen LogP contribution in [-0.2, 0) is 21.4 Å². The molecule has 5 aliphatic rings. The molecule has 0 radical (unpaired) electrons. The lowest BCUT2D eigenvalue weighted by Crippen LogP contribution is -2.53. The number of nitrogens with zero attached hydrogens (tertiary/aromatic N) is 1. The molecular formula is C28H31NO3S. The zero-order valence-corrected chi connectivity index (χ0v) is 19.8. The van der Waals surface area contributed by atoms with Crippen LogP contribution in [0.5, 0.6) is 0 Å². The number of ether oxygens (including phenoxy) is 1. The van der Waals surface area contributed by atoms with Crippen LogP contribution in [-0.4, -0.2) is 31.4 Å². The second-order valence-corrected chi connectivity index (χ2v) is 13.0. The topological polar surface area (TPSA) is 46.6 Å². The van der Waals surface area contributed by atoms with E-state index in [1.807, 2.05) is 29.4 Å². The van der Waals surface area contributed by atoms with Crippen molar-refractivity contribution in [3.8, 4) is 0 Å². The Bertz CT molecular complexity index is 1210. The van der Waals surface area contributed by atoms with Crippen molar-refractivity contribution in [2.75, 3.05) is 6.54 Å². The number of sulfonamides is 1. The Hall–Kier alpha value is -1.95. The van der Waals surface area contributed by atoms with Crippen LogP contribution in [0.25, 0.3) is 0 Å². The van der Waals surface area contributed by atoms with Crippen LogP contribution in [0.2, 0.25) is 0 Å². The molecule has 4 saturated carbocycles. The molecule has 9 atom stereocenters. The van der Waals surface area contributed by atoms with Crippen molar-refractivity contribution in [3.05, 3.63) is 77.9 Å². The fraction of sp³-hybridized carbons (Fsp3) is 0.500. The number of rotatable bonds is 5. The third-order valence-corrected chi connectivity index (χ3v) is 11.5. The van der Waals surface area contributed by atoms with E-state index in [1.165, 1.54) is 18.4 Å². The summed E-state index contributed by atoms with van der Waals surface area (Å²) in [4.78, 5) is 0.415. The summed E-state index contributed by atoms with van der Waals surface area (Å²) in [5.74, 6) is 3.53. The molecule has 5 fully saturated rings. The molecule has 1 heterocycles. The highest BCUT2D eigenvalue weighted by atomic mass is 32.2. The van der Waals surface area contributed by atoms with E-state index < -0.39 is 10.0 Å². The zero-order chi connectivity index (χ0) is 22.5. The normalized spacial score (nSPS) is 40.6. The van der Waals surface area contributed by atoms with Crippen LogP contribution < -0.4 is 0 Å². The third-order valence-electron chi connectivity index (χ3n) is 9.69. The van der Waals surface area contributed by atoms with Crippen LogP contribution in [0.1, 0.15) is 24.0 Å². The first-order valence-corrected chi connectivity index (χ1v) is 13.8. The maximum absolute atomic E-state index is 13.8. The SMILES string of the molecule is C=C1CN(S(=O)(=O)c2ccc(C)cc2)[C@H]2[C@@H]1[C@H]1[C@H]3C[C@@H]4C[C@H]3[C@H]([C@@H]1OCc1ccccc1)[C@@H]42. The van der Waals surface area contributed by atoms with Crippen molar-refractivity contribution >= 4 is 10.0 Å². The van der Waals surface area contributed by atoms with E-state index in [4.69, 9.17) is 4.74 Å². The molecule has 5 heteroatoms. The van der Waals surface area contributed by atoms with E-state index >= 15 is 0 Å². The molecule has 1 aliphatic heterocycles. The molecule has 1 saturated heterocycles. The standard InChI is InChI=1S/C28H31NO3S/c1-16-8-10-20(11-9-16)33(30,31)29-14-17(2)23-25-21-12-19-13-22(21)26(24(19)27(23)29)28(25)32-15-18-6-4-3-5-7-18/h3-11,19,21-28H,2,12-15H2,1H3/t19-,21+,22-,23+,24-,25-,26+,27+,28-/m1/s1. The Morgan fingerprint density at radius 3 is 2.39 bits per heavy atom. The van der Waals surface area contributed by atoms with Gasteiger partial charge in [-0.05, 0) is 73.0 Å². The van der Waals surface area contributed by atoms with Crippen LogP contribution in [0.4, 0.5) is 0 Å². The fourth-order valence-corrected chi connectivity index (χ4v) is 10.4. The number of fused-ring (bicyclic) bond motifs is 7. The van der Waals surface area contributed by atoms with Gasteiger partial charge in [-0.2, -0.15) is 4.31 Å². The van der Waals surface area contributed by atoms with Crippen molar-refractivity contribution in [2.45, 2.75) is 43.4 Å². The summed E-state index contributed by atoms with van der Waals surface area (Å²) >= 11 is 0. The smallest absolute Gasteiger partial charge is 0.243 e. The van der Waals surface area contributed by atoms with Crippen LogP contribution in [0, 0.1) is 48.3 Å².